The molecule has 0 spiro atoms. The van der Waals surface area contributed by atoms with Crippen LogP contribution in [0.25, 0.3) is 0 Å². The Hall–Kier alpha value is -2.31. The van der Waals surface area contributed by atoms with Gasteiger partial charge in [-0.3, -0.25) is 10.4 Å². The molecule has 2 aliphatic rings. The summed E-state index contributed by atoms with van der Waals surface area (Å²) in [5, 5.41) is 14.6. The quantitative estimate of drug-likeness (QED) is 0.908. The van der Waals surface area contributed by atoms with Gasteiger partial charge in [0.15, 0.2) is 0 Å². The molecule has 1 atom stereocenters. The average Bonchev–Trinajstić information content (AvgIpc) is 3.36. The highest BCUT2D eigenvalue weighted by atomic mass is 16.2. The highest BCUT2D eigenvalue weighted by Gasteiger charge is 2.27. The van der Waals surface area contributed by atoms with Crippen molar-refractivity contribution < 1.29 is 4.79 Å². The van der Waals surface area contributed by atoms with Crippen molar-refractivity contribution in [3.63, 3.8) is 0 Å². The maximum absolute atomic E-state index is 12.7. The van der Waals surface area contributed by atoms with Crippen LogP contribution in [0.3, 0.4) is 0 Å². The number of nitrogens with one attached hydrogen (secondary N) is 2. The number of nitrogens with zero attached hydrogens (tertiary/aromatic N) is 4. The molecule has 0 radical (unpaired) electrons. The van der Waals surface area contributed by atoms with Crippen LogP contribution in [0.1, 0.15) is 56.2 Å². The van der Waals surface area contributed by atoms with Crippen LogP contribution < -0.4 is 5.32 Å². The van der Waals surface area contributed by atoms with E-state index in [1.807, 2.05) is 21.7 Å². The van der Waals surface area contributed by atoms with Gasteiger partial charge in [0.1, 0.15) is 5.82 Å². The van der Waals surface area contributed by atoms with Gasteiger partial charge in [0.2, 0.25) is 0 Å². The van der Waals surface area contributed by atoms with Crippen molar-refractivity contribution in [2.24, 2.45) is 0 Å². The lowest BCUT2D eigenvalue weighted by Gasteiger charge is -2.32. The van der Waals surface area contributed by atoms with Crippen LogP contribution in [-0.2, 0) is 0 Å². The van der Waals surface area contributed by atoms with Gasteiger partial charge in [-0.1, -0.05) is 12.8 Å². The number of anilines is 1. The molecule has 1 saturated carbocycles. The third kappa shape index (κ3) is 3.02. The smallest absolute Gasteiger partial charge is 0.323 e. The van der Waals surface area contributed by atoms with E-state index in [1.165, 1.54) is 12.8 Å². The lowest BCUT2D eigenvalue weighted by atomic mass is 9.95. The Kier molecular flexibility index (Phi) is 4.23. The molecule has 2 fully saturated rings. The summed E-state index contributed by atoms with van der Waals surface area (Å²) in [5.41, 5.74) is 1.11. The summed E-state index contributed by atoms with van der Waals surface area (Å²) in [5.74, 6) is 1.15. The van der Waals surface area contributed by atoms with Gasteiger partial charge >= 0.3 is 6.03 Å². The fourth-order valence-corrected chi connectivity index (χ4v) is 3.95. The monoisotopic (exact) mass is 328 g/mol. The molecule has 4 rings (SSSR count). The predicted molar refractivity (Wildman–Crippen MR) is 90.9 cm³/mol. The third-order valence-corrected chi connectivity index (χ3v) is 5.25. The molecule has 24 heavy (non-hydrogen) atoms. The number of hydrogen-bond donors (Lipinski definition) is 2. The highest BCUT2D eigenvalue weighted by Crippen LogP contribution is 2.31. The number of aromatic amines is 1. The van der Waals surface area contributed by atoms with Crippen LogP contribution >= 0.6 is 0 Å². The SMILES string of the molecule is O=C(Nc1ccnn1C1CCCC1)N1CCC[C@@H](c2ccn[nH]2)C1. The van der Waals surface area contributed by atoms with E-state index in [4.69, 9.17) is 0 Å². The van der Waals surface area contributed by atoms with Gasteiger partial charge < -0.3 is 4.90 Å². The first-order valence-corrected chi connectivity index (χ1v) is 8.90. The van der Waals surface area contributed by atoms with Gasteiger partial charge in [-0.2, -0.15) is 10.2 Å². The molecule has 1 saturated heterocycles. The van der Waals surface area contributed by atoms with E-state index < -0.39 is 0 Å². The molecule has 7 heteroatoms. The van der Waals surface area contributed by atoms with Crippen molar-refractivity contribution in [2.75, 3.05) is 18.4 Å². The van der Waals surface area contributed by atoms with E-state index in [0.29, 0.717) is 12.0 Å². The Bertz CT molecular complexity index is 673. The van der Waals surface area contributed by atoms with Crippen LogP contribution in [0.2, 0.25) is 0 Å². The second-order valence-corrected chi connectivity index (χ2v) is 6.83. The summed E-state index contributed by atoms with van der Waals surface area (Å²) in [6.45, 7) is 1.53. The molecule has 7 nitrogen and oxygen atoms in total. The second kappa shape index (κ2) is 6.67. The van der Waals surface area contributed by atoms with Crippen molar-refractivity contribution in [1.29, 1.82) is 0 Å². The Morgan fingerprint density at radius 2 is 2.04 bits per heavy atom. The summed E-state index contributed by atoms with van der Waals surface area (Å²) >= 11 is 0. The zero-order valence-corrected chi connectivity index (χ0v) is 13.8. The molecule has 2 N–H and O–H groups in total. The molecule has 2 aromatic rings. The molecule has 1 aliphatic carbocycles. The fourth-order valence-electron chi connectivity index (χ4n) is 3.95. The Morgan fingerprint density at radius 3 is 2.83 bits per heavy atom. The van der Waals surface area contributed by atoms with Crippen molar-refractivity contribution >= 4 is 11.8 Å². The number of urea groups is 1. The van der Waals surface area contributed by atoms with Crippen LogP contribution in [0.5, 0.6) is 0 Å². The Labute approximate surface area is 141 Å². The first-order chi connectivity index (χ1) is 11.8. The number of rotatable bonds is 3. The highest BCUT2D eigenvalue weighted by molar-refractivity contribution is 5.88. The van der Waals surface area contributed by atoms with Gasteiger partial charge in [0.25, 0.3) is 0 Å². The van der Waals surface area contributed by atoms with Gasteiger partial charge in [0, 0.05) is 37.0 Å². The van der Waals surface area contributed by atoms with Crippen LogP contribution in [-0.4, -0.2) is 44.0 Å². The first kappa shape index (κ1) is 15.2. The van der Waals surface area contributed by atoms with Crippen molar-refractivity contribution in [3.05, 3.63) is 30.2 Å². The first-order valence-electron chi connectivity index (χ1n) is 8.90. The van der Waals surface area contributed by atoms with Gasteiger partial charge in [-0.15, -0.1) is 0 Å². The molecule has 1 aliphatic heterocycles. The second-order valence-electron chi connectivity index (χ2n) is 6.83. The summed E-state index contributed by atoms with van der Waals surface area (Å²) in [6.07, 6.45) is 10.4. The van der Waals surface area contributed by atoms with E-state index in [-0.39, 0.29) is 6.03 Å². The summed E-state index contributed by atoms with van der Waals surface area (Å²) < 4.78 is 1.99. The van der Waals surface area contributed by atoms with Gasteiger partial charge in [0.05, 0.1) is 12.2 Å². The van der Waals surface area contributed by atoms with E-state index in [0.717, 1.165) is 50.3 Å². The fraction of sp³-hybridized carbons (Fsp3) is 0.588. The maximum Gasteiger partial charge on any atom is 0.323 e. The van der Waals surface area contributed by atoms with E-state index >= 15 is 0 Å². The number of amides is 2. The topological polar surface area (TPSA) is 78.8 Å². The Balaban J connectivity index is 1.42. The van der Waals surface area contributed by atoms with Crippen molar-refractivity contribution in [3.8, 4) is 0 Å². The number of aromatic nitrogens is 4. The van der Waals surface area contributed by atoms with E-state index in [9.17, 15) is 4.79 Å². The number of carbonyl (C=O) groups is 1. The zero-order chi connectivity index (χ0) is 16.4. The minimum absolute atomic E-state index is 0.0287. The van der Waals surface area contributed by atoms with Crippen LogP contribution in [0.15, 0.2) is 24.5 Å². The standard InChI is InChI=1S/C17H24N6O/c24-17(20-16-8-10-19-23(16)14-5-1-2-6-14)22-11-3-4-13(12-22)15-7-9-18-21-15/h7-10,13-14H,1-6,11-12H2,(H,18,21)(H,20,24)/t13-/m1/s1. The molecule has 2 aromatic heterocycles. The predicted octanol–water partition coefficient (Wildman–Crippen LogP) is 3.13. The normalized spacial score (nSPS) is 22.0. The van der Waals surface area contributed by atoms with E-state index in [1.54, 1.807) is 12.4 Å². The molecule has 0 aromatic carbocycles. The summed E-state index contributed by atoms with van der Waals surface area (Å²) in [4.78, 5) is 14.6. The number of hydrogen-bond acceptors (Lipinski definition) is 3. The lowest BCUT2D eigenvalue weighted by Crippen LogP contribution is -2.42. The Morgan fingerprint density at radius 1 is 1.17 bits per heavy atom. The van der Waals surface area contributed by atoms with Gasteiger partial charge in [-0.25, -0.2) is 9.48 Å². The van der Waals surface area contributed by atoms with Crippen LogP contribution in [0.4, 0.5) is 10.6 Å². The summed E-state index contributed by atoms with van der Waals surface area (Å²) in [7, 11) is 0. The number of likely N-dealkylation sites (tertiary alicyclic amines) is 1. The number of carbonyl (C=O) groups excluding carboxylic acids is 1. The molecule has 0 bridgehead atoms. The van der Waals surface area contributed by atoms with Crippen molar-refractivity contribution in [2.45, 2.75) is 50.5 Å². The number of H-pyrrole nitrogens is 1. The van der Waals surface area contributed by atoms with Crippen LogP contribution in [0, 0.1) is 0 Å². The maximum atomic E-state index is 12.7. The molecule has 3 heterocycles. The van der Waals surface area contributed by atoms with E-state index in [2.05, 4.69) is 20.6 Å². The minimum atomic E-state index is -0.0287. The molecule has 0 unspecified atom stereocenters. The minimum Gasteiger partial charge on any atom is -0.324 e. The molecular formula is C17H24N6O. The molecular weight excluding hydrogens is 304 g/mol. The average molecular weight is 328 g/mol. The number of piperidine rings is 1. The zero-order valence-electron chi connectivity index (χ0n) is 13.8. The third-order valence-electron chi connectivity index (χ3n) is 5.25. The molecule has 128 valence electrons. The molecule has 2 amide bonds. The van der Waals surface area contributed by atoms with Gasteiger partial charge in [-0.05, 0) is 31.7 Å². The summed E-state index contributed by atoms with van der Waals surface area (Å²) in [6, 6.07) is 4.29. The van der Waals surface area contributed by atoms with Crippen molar-refractivity contribution in [1.82, 2.24) is 24.9 Å². The lowest BCUT2D eigenvalue weighted by molar-refractivity contribution is 0.192. The largest absolute Gasteiger partial charge is 0.324 e.